The zero-order chi connectivity index (χ0) is 19.6. The Morgan fingerprint density at radius 1 is 1.07 bits per heavy atom. The van der Waals surface area contributed by atoms with Gasteiger partial charge in [-0.2, -0.15) is 5.10 Å². The van der Waals surface area contributed by atoms with E-state index in [-0.39, 0.29) is 24.7 Å². The maximum Gasteiger partial charge on any atom is 0.240 e. The molecule has 0 saturated carbocycles. The fraction of sp³-hybridized carbons (Fsp3) is 0.286. The van der Waals surface area contributed by atoms with Crippen LogP contribution in [0.25, 0.3) is 0 Å². The lowest BCUT2D eigenvalue weighted by molar-refractivity contribution is -0.124. The number of nitrogens with zero attached hydrogens (tertiary/aromatic N) is 1. The molecule has 0 aliphatic rings. The topological polar surface area (TPSA) is 79.8 Å². The summed E-state index contributed by atoms with van der Waals surface area (Å²) in [7, 11) is 0. The highest BCUT2D eigenvalue weighted by Gasteiger charge is 2.08. The first-order valence-corrected chi connectivity index (χ1v) is 8.90. The molecule has 2 aromatic rings. The van der Waals surface area contributed by atoms with Gasteiger partial charge in [0, 0.05) is 18.5 Å². The number of hydrogen-bond acceptors (Lipinski definition) is 4. The van der Waals surface area contributed by atoms with E-state index in [0.29, 0.717) is 6.61 Å². The van der Waals surface area contributed by atoms with Crippen molar-refractivity contribution in [3.63, 3.8) is 0 Å². The van der Waals surface area contributed by atoms with Crippen molar-refractivity contribution in [2.45, 2.75) is 33.6 Å². The maximum absolute atomic E-state index is 12.0. The van der Waals surface area contributed by atoms with Gasteiger partial charge in [0.15, 0.2) is 0 Å². The molecule has 0 unspecified atom stereocenters. The molecule has 2 N–H and O–H groups in total. The van der Waals surface area contributed by atoms with Crippen molar-refractivity contribution in [3.05, 3.63) is 59.2 Å². The zero-order valence-corrected chi connectivity index (χ0v) is 15.9. The van der Waals surface area contributed by atoms with Gasteiger partial charge in [-0.25, -0.2) is 5.43 Å². The SMILES string of the molecule is CCOc1cccc(C=NNC(=O)CCC(=O)Nc2cccc(C)c2C)c1. The van der Waals surface area contributed by atoms with Crippen molar-refractivity contribution in [2.24, 2.45) is 5.10 Å². The summed E-state index contributed by atoms with van der Waals surface area (Å²) < 4.78 is 5.41. The second-order valence-electron chi connectivity index (χ2n) is 6.09. The van der Waals surface area contributed by atoms with E-state index in [1.54, 1.807) is 0 Å². The van der Waals surface area contributed by atoms with Crippen molar-refractivity contribution in [1.82, 2.24) is 5.43 Å². The highest BCUT2D eigenvalue weighted by molar-refractivity contribution is 5.94. The molecule has 0 aliphatic heterocycles. The van der Waals surface area contributed by atoms with Crippen LogP contribution in [0.15, 0.2) is 47.6 Å². The summed E-state index contributed by atoms with van der Waals surface area (Å²) in [6, 6.07) is 13.1. The third-order valence-corrected chi connectivity index (χ3v) is 4.03. The highest BCUT2D eigenvalue weighted by atomic mass is 16.5. The van der Waals surface area contributed by atoms with Crippen LogP contribution in [0.1, 0.15) is 36.5 Å². The lowest BCUT2D eigenvalue weighted by Gasteiger charge is -2.10. The molecular formula is C21H25N3O3. The minimum Gasteiger partial charge on any atom is -0.494 e. The largest absolute Gasteiger partial charge is 0.494 e. The number of ether oxygens (including phenoxy) is 1. The van der Waals surface area contributed by atoms with E-state index in [1.807, 2.05) is 63.2 Å². The van der Waals surface area contributed by atoms with Crippen molar-refractivity contribution in [3.8, 4) is 5.75 Å². The Hall–Kier alpha value is -3.15. The van der Waals surface area contributed by atoms with E-state index in [4.69, 9.17) is 4.74 Å². The molecule has 2 rings (SSSR count). The molecule has 6 nitrogen and oxygen atoms in total. The number of hydrogen-bond donors (Lipinski definition) is 2. The van der Waals surface area contributed by atoms with Crippen molar-refractivity contribution in [2.75, 3.05) is 11.9 Å². The summed E-state index contributed by atoms with van der Waals surface area (Å²) in [5.74, 6) is 0.228. The Labute approximate surface area is 159 Å². The first-order chi connectivity index (χ1) is 13.0. The van der Waals surface area contributed by atoms with Crippen LogP contribution in [0.2, 0.25) is 0 Å². The van der Waals surface area contributed by atoms with Crippen molar-refractivity contribution >= 4 is 23.7 Å². The van der Waals surface area contributed by atoms with Gasteiger partial charge in [0.05, 0.1) is 12.8 Å². The number of anilines is 1. The van der Waals surface area contributed by atoms with Gasteiger partial charge < -0.3 is 10.1 Å². The summed E-state index contributed by atoms with van der Waals surface area (Å²) in [6.45, 7) is 6.44. The van der Waals surface area contributed by atoms with Crippen LogP contribution in [0.4, 0.5) is 5.69 Å². The van der Waals surface area contributed by atoms with E-state index in [1.165, 1.54) is 6.21 Å². The first-order valence-electron chi connectivity index (χ1n) is 8.90. The molecule has 0 bridgehead atoms. The van der Waals surface area contributed by atoms with Crippen LogP contribution < -0.4 is 15.5 Å². The number of amides is 2. The molecule has 27 heavy (non-hydrogen) atoms. The maximum atomic E-state index is 12.0. The van der Waals surface area contributed by atoms with Gasteiger partial charge in [0.1, 0.15) is 5.75 Å². The lowest BCUT2D eigenvalue weighted by atomic mass is 10.1. The van der Waals surface area contributed by atoms with Gasteiger partial charge in [0.2, 0.25) is 11.8 Å². The van der Waals surface area contributed by atoms with Crippen molar-refractivity contribution < 1.29 is 14.3 Å². The van der Waals surface area contributed by atoms with Crippen LogP contribution in [0, 0.1) is 13.8 Å². The van der Waals surface area contributed by atoms with Crippen LogP contribution in [0.3, 0.4) is 0 Å². The average molecular weight is 367 g/mol. The smallest absolute Gasteiger partial charge is 0.240 e. The van der Waals surface area contributed by atoms with Gasteiger partial charge in [0.25, 0.3) is 0 Å². The number of carbonyl (C=O) groups is 2. The molecule has 0 spiro atoms. The molecule has 0 aliphatic carbocycles. The minimum absolute atomic E-state index is 0.0625. The van der Waals surface area contributed by atoms with Crippen LogP contribution in [0.5, 0.6) is 5.75 Å². The lowest BCUT2D eigenvalue weighted by Crippen LogP contribution is -2.21. The average Bonchev–Trinajstić information content (AvgIpc) is 2.64. The van der Waals surface area contributed by atoms with Crippen LogP contribution in [-0.4, -0.2) is 24.6 Å². The van der Waals surface area contributed by atoms with E-state index in [0.717, 1.165) is 28.1 Å². The molecule has 0 atom stereocenters. The quantitative estimate of drug-likeness (QED) is 0.553. The van der Waals surface area contributed by atoms with E-state index >= 15 is 0 Å². The molecule has 0 heterocycles. The van der Waals surface area contributed by atoms with Gasteiger partial charge in [-0.3, -0.25) is 9.59 Å². The number of rotatable bonds is 8. The molecule has 0 fully saturated rings. The number of aryl methyl sites for hydroxylation is 1. The van der Waals surface area contributed by atoms with Gasteiger partial charge in [-0.15, -0.1) is 0 Å². The standard InChI is InChI=1S/C21H25N3O3/c1-4-27-18-9-6-8-17(13-18)14-22-24-21(26)12-11-20(25)23-19-10-5-7-15(2)16(19)3/h5-10,13-14H,4,11-12H2,1-3H3,(H,23,25)(H,24,26). The second-order valence-corrected chi connectivity index (χ2v) is 6.09. The Bertz CT molecular complexity index is 831. The predicted octanol–water partition coefficient (Wildman–Crippen LogP) is 3.57. The zero-order valence-electron chi connectivity index (χ0n) is 15.9. The Kier molecular flexibility index (Phi) is 7.55. The third kappa shape index (κ3) is 6.58. The third-order valence-electron chi connectivity index (χ3n) is 4.03. The summed E-state index contributed by atoms with van der Waals surface area (Å²) in [5.41, 5.74) is 6.14. The summed E-state index contributed by atoms with van der Waals surface area (Å²) >= 11 is 0. The molecule has 6 heteroatoms. The van der Waals surface area contributed by atoms with E-state index in [2.05, 4.69) is 15.8 Å². The summed E-state index contributed by atoms with van der Waals surface area (Å²) in [6.07, 6.45) is 1.69. The number of nitrogens with one attached hydrogen (secondary N) is 2. The summed E-state index contributed by atoms with van der Waals surface area (Å²) in [5, 5.41) is 6.75. The van der Waals surface area contributed by atoms with E-state index < -0.39 is 0 Å². The fourth-order valence-corrected chi connectivity index (χ4v) is 2.41. The molecule has 0 saturated heterocycles. The van der Waals surface area contributed by atoms with Crippen molar-refractivity contribution in [1.29, 1.82) is 0 Å². The summed E-state index contributed by atoms with van der Waals surface area (Å²) in [4.78, 5) is 23.9. The Balaban J connectivity index is 1.78. The Morgan fingerprint density at radius 2 is 1.81 bits per heavy atom. The van der Waals surface area contributed by atoms with Gasteiger partial charge >= 0.3 is 0 Å². The molecule has 142 valence electrons. The highest BCUT2D eigenvalue weighted by Crippen LogP contribution is 2.18. The van der Waals surface area contributed by atoms with E-state index in [9.17, 15) is 9.59 Å². The van der Waals surface area contributed by atoms with Gasteiger partial charge in [-0.05, 0) is 55.7 Å². The minimum atomic E-state index is -0.316. The molecular weight excluding hydrogens is 342 g/mol. The molecule has 2 amide bonds. The number of hydrazone groups is 1. The Morgan fingerprint density at radius 3 is 2.59 bits per heavy atom. The number of benzene rings is 2. The molecule has 0 radical (unpaired) electrons. The van der Waals surface area contributed by atoms with Crippen LogP contribution >= 0.6 is 0 Å². The van der Waals surface area contributed by atoms with Gasteiger partial charge in [-0.1, -0.05) is 24.3 Å². The second kappa shape index (κ2) is 10.1. The fourth-order valence-electron chi connectivity index (χ4n) is 2.41. The normalized spacial score (nSPS) is 10.6. The monoisotopic (exact) mass is 367 g/mol. The molecule has 0 aromatic heterocycles. The molecule has 2 aromatic carbocycles. The predicted molar refractivity (Wildman–Crippen MR) is 107 cm³/mol. The van der Waals surface area contributed by atoms with Crippen LogP contribution in [-0.2, 0) is 9.59 Å². The first kappa shape index (κ1) is 20.2. The number of carbonyl (C=O) groups excluding carboxylic acids is 2.